The van der Waals surface area contributed by atoms with Crippen molar-refractivity contribution in [3.05, 3.63) is 33.8 Å². The Kier molecular flexibility index (Phi) is 6.36. The van der Waals surface area contributed by atoms with Gasteiger partial charge in [-0.15, -0.1) is 0 Å². The summed E-state index contributed by atoms with van der Waals surface area (Å²) in [7, 11) is 0. The topological polar surface area (TPSA) is 55.7 Å². The number of nitrogens with zero attached hydrogens (tertiary/aromatic N) is 1. The van der Waals surface area contributed by atoms with Gasteiger partial charge in [-0.3, -0.25) is 9.59 Å². The van der Waals surface area contributed by atoms with E-state index in [9.17, 15) is 9.59 Å². The minimum atomic E-state index is -0.605. The molecular weight excluding hydrogens is 373 g/mol. The normalized spacial score (nSPS) is 24.7. The average Bonchev–Trinajstić information content (AvgIpc) is 2.85. The highest BCUT2D eigenvalue weighted by molar-refractivity contribution is 6.42. The van der Waals surface area contributed by atoms with Gasteiger partial charge in [0.05, 0.1) is 10.0 Å². The molecule has 1 aromatic carbocycles. The van der Waals surface area contributed by atoms with Crippen molar-refractivity contribution < 1.29 is 14.3 Å². The van der Waals surface area contributed by atoms with Crippen molar-refractivity contribution in [2.45, 2.75) is 63.9 Å². The van der Waals surface area contributed by atoms with Crippen molar-refractivity contribution >= 4 is 40.8 Å². The Labute approximate surface area is 163 Å². The van der Waals surface area contributed by atoms with Crippen molar-refractivity contribution in [2.24, 2.45) is 10.9 Å². The van der Waals surface area contributed by atoms with Crippen molar-refractivity contribution in [3.8, 4) is 0 Å². The first-order valence-corrected chi connectivity index (χ1v) is 9.95. The van der Waals surface area contributed by atoms with Gasteiger partial charge >= 0.3 is 5.97 Å². The van der Waals surface area contributed by atoms with Gasteiger partial charge in [0.25, 0.3) is 0 Å². The first kappa shape index (κ1) is 19.4. The minimum absolute atomic E-state index is 0.0501. The number of esters is 1. The van der Waals surface area contributed by atoms with Crippen LogP contribution in [0.25, 0.3) is 0 Å². The Morgan fingerprint density at radius 3 is 2.54 bits per heavy atom. The van der Waals surface area contributed by atoms with Gasteiger partial charge in [-0.1, -0.05) is 48.2 Å². The monoisotopic (exact) mass is 395 g/mol. The molecule has 2 unspecified atom stereocenters. The van der Waals surface area contributed by atoms with E-state index in [1.54, 1.807) is 19.1 Å². The molecule has 4 nitrogen and oxygen atoms in total. The minimum Gasteiger partial charge on any atom is -0.462 e. The summed E-state index contributed by atoms with van der Waals surface area (Å²) >= 11 is 12.5. The zero-order valence-electron chi connectivity index (χ0n) is 14.8. The first-order valence-electron chi connectivity index (χ1n) is 9.19. The first-order chi connectivity index (χ1) is 12.5. The molecule has 26 heavy (non-hydrogen) atoms. The molecule has 1 aliphatic carbocycles. The molecule has 6 heteroatoms. The van der Waals surface area contributed by atoms with Gasteiger partial charge < -0.3 is 4.74 Å². The van der Waals surface area contributed by atoms with Crippen LogP contribution < -0.4 is 0 Å². The van der Waals surface area contributed by atoms with Gasteiger partial charge in [0, 0.05) is 18.1 Å². The number of hydrogen-bond donors (Lipinski definition) is 0. The predicted octanol–water partition coefficient (Wildman–Crippen LogP) is 5.35. The van der Waals surface area contributed by atoms with Gasteiger partial charge in [-0.25, -0.2) is 4.99 Å². The molecule has 1 aliphatic heterocycles. The van der Waals surface area contributed by atoms with E-state index in [-0.39, 0.29) is 24.4 Å². The molecule has 0 aromatic heterocycles. The third kappa shape index (κ3) is 4.29. The maximum atomic E-state index is 13.0. The van der Waals surface area contributed by atoms with Crippen LogP contribution in [0, 0.1) is 5.92 Å². The fourth-order valence-corrected chi connectivity index (χ4v) is 4.39. The van der Waals surface area contributed by atoms with E-state index in [0.717, 1.165) is 25.7 Å². The van der Waals surface area contributed by atoms with Gasteiger partial charge in [-0.2, -0.15) is 0 Å². The van der Waals surface area contributed by atoms with Gasteiger partial charge in [0.1, 0.15) is 12.0 Å². The Morgan fingerprint density at radius 1 is 1.15 bits per heavy atom. The maximum Gasteiger partial charge on any atom is 0.315 e. The Hall–Kier alpha value is -1.39. The van der Waals surface area contributed by atoms with Crippen molar-refractivity contribution in [3.63, 3.8) is 0 Å². The molecule has 0 bridgehead atoms. The van der Waals surface area contributed by atoms with E-state index in [4.69, 9.17) is 27.9 Å². The van der Waals surface area contributed by atoms with Crippen LogP contribution in [0.2, 0.25) is 10.0 Å². The Balaban J connectivity index is 1.87. The molecule has 0 spiro atoms. The highest BCUT2D eigenvalue weighted by Gasteiger charge is 2.40. The van der Waals surface area contributed by atoms with E-state index in [2.05, 4.69) is 4.99 Å². The molecule has 0 radical (unpaired) electrons. The van der Waals surface area contributed by atoms with Crippen LogP contribution in [-0.4, -0.2) is 23.7 Å². The van der Waals surface area contributed by atoms with Crippen LogP contribution >= 0.6 is 23.2 Å². The van der Waals surface area contributed by atoms with Crippen molar-refractivity contribution in [1.82, 2.24) is 0 Å². The Morgan fingerprint density at radius 2 is 1.85 bits per heavy atom. The summed E-state index contributed by atoms with van der Waals surface area (Å²) in [6.07, 6.45) is 6.41. The van der Waals surface area contributed by atoms with Crippen molar-refractivity contribution in [2.75, 3.05) is 0 Å². The fraction of sp³-hybridized carbons (Fsp3) is 0.550. The van der Waals surface area contributed by atoms with Crippen LogP contribution in [0.5, 0.6) is 0 Å². The van der Waals surface area contributed by atoms with Gasteiger partial charge in [0.2, 0.25) is 5.91 Å². The van der Waals surface area contributed by atoms with Crippen LogP contribution in [0.1, 0.15) is 63.4 Å². The molecule has 0 N–H and O–H groups in total. The molecule has 1 heterocycles. The third-order valence-corrected chi connectivity index (χ3v) is 6.10. The lowest BCUT2D eigenvalue weighted by Gasteiger charge is -2.30. The second kappa shape index (κ2) is 8.53. The van der Waals surface area contributed by atoms with Crippen LogP contribution in [0.4, 0.5) is 0 Å². The average molecular weight is 396 g/mol. The summed E-state index contributed by atoms with van der Waals surface area (Å²) < 4.78 is 5.83. The second-order valence-electron chi connectivity index (χ2n) is 7.13. The quantitative estimate of drug-likeness (QED) is 0.511. The van der Waals surface area contributed by atoms with E-state index in [1.807, 2.05) is 6.07 Å². The van der Waals surface area contributed by atoms with Gasteiger partial charge in [-0.05, 0) is 44.2 Å². The number of carbonyl (C=O) groups excluding carboxylic acids is 2. The molecule has 1 fully saturated rings. The summed E-state index contributed by atoms with van der Waals surface area (Å²) in [6.45, 7) is 1.71. The zero-order valence-corrected chi connectivity index (χ0v) is 16.4. The van der Waals surface area contributed by atoms with E-state index < -0.39 is 11.8 Å². The highest BCUT2D eigenvalue weighted by Crippen LogP contribution is 2.40. The number of benzene rings is 1. The maximum absolute atomic E-state index is 13.0. The molecule has 2 atom stereocenters. The summed E-state index contributed by atoms with van der Waals surface area (Å²) in [5, 5.41) is 0.793. The number of amides is 1. The molecular formula is C20H23Cl2NO3. The highest BCUT2D eigenvalue weighted by atomic mass is 35.5. The number of carbonyl (C=O) groups is 2. The number of aliphatic imine (C=N–C) groups is 1. The Bertz CT molecular complexity index is 724. The van der Waals surface area contributed by atoms with E-state index >= 15 is 0 Å². The molecule has 0 saturated heterocycles. The zero-order chi connectivity index (χ0) is 18.7. The van der Waals surface area contributed by atoms with E-state index in [0.29, 0.717) is 21.3 Å². The molecule has 3 rings (SSSR count). The lowest BCUT2D eigenvalue weighted by molar-refractivity contribution is -0.153. The predicted molar refractivity (Wildman–Crippen MR) is 103 cm³/mol. The van der Waals surface area contributed by atoms with Gasteiger partial charge in [0.15, 0.2) is 0 Å². The summed E-state index contributed by atoms with van der Waals surface area (Å²) in [5.74, 6) is -1.56. The number of hydrogen-bond acceptors (Lipinski definition) is 3. The molecule has 1 amide bonds. The number of halogens is 2. The van der Waals surface area contributed by atoms with Crippen LogP contribution in [-0.2, 0) is 14.3 Å². The summed E-state index contributed by atoms with van der Waals surface area (Å²) in [5.41, 5.74) is 1.19. The summed E-state index contributed by atoms with van der Waals surface area (Å²) in [4.78, 5) is 29.1. The number of rotatable bonds is 3. The largest absolute Gasteiger partial charge is 0.462 e. The van der Waals surface area contributed by atoms with Crippen LogP contribution in [0.3, 0.4) is 0 Å². The molecule has 2 aliphatic rings. The second-order valence-corrected chi connectivity index (χ2v) is 7.91. The standard InChI is InChI=1S/C20H23Cl2NO3/c1-12-18(20(25)26-13-7-4-2-3-5-8-13)15(11-17(24)23-12)14-9-6-10-16(21)19(14)22/h6,9-10,13,15,18H,2-5,7-8,11H2,1H3. The smallest absolute Gasteiger partial charge is 0.315 e. The summed E-state index contributed by atoms with van der Waals surface area (Å²) in [6, 6.07) is 5.29. The van der Waals surface area contributed by atoms with Crippen molar-refractivity contribution in [1.29, 1.82) is 0 Å². The SMILES string of the molecule is CC1=NC(=O)CC(c2cccc(Cl)c2Cl)C1C(=O)OC1CCCCCC1. The third-order valence-electron chi connectivity index (χ3n) is 5.27. The van der Waals surface area contributed by atoms with Crippen LogP contribution in [0.15, 0.2) is 23.2 Å². The molecule has 1 saturated carbocycles. The lowest BCUT2D eigenvalue weighted by atomic mass is 9.79. The lowest BCUT2D eigenvalue weighted by Crippen LogP contribution is -2.37. The fourth-order valence-electron chi connectivity index (χ4n) is 3.94. The van der Waals surface area contributed by atoms with E-state index in [1.165, 1.54) is 12.8 Å². The number of ether oxygens (including phenoxy) is 1. The molecule has 1 aromatic rings. The molecule has 140 valence electrons.